The Morgan fingerprint density at radius 2 is 2.04 bits per heavy atom. The molecule has 0 aliphatic carbocycles. The summed E-state index contributed by atoms with van der Waals surface area (Å²) in [7, 11) is 0. The molecule has 0 unspecified atom stereocenters. The number of rotatable bonds is 3. The van der Waals surface area contributed by atoms with Gasteiger partial charge in [-0.25, -0.2) is 4.98 Å². The minimum absolute atomic E-state index is 0.103. The van der Waals surface area contributed by atoms with Crippen molar-refractivity contribution in [2.24, 2.45) is 4.99 Å². The van der Waals surface area contributed by atoms with E-state index in [-0.39, 0.29) is 11.9 Å². The maximum atomic E-state index is 13.0. The van der Waals surface area contributed by atoms with Gasteiger partial charge >= 0.3 is 0 Å². The van der Waals surface area contributed by atoms with Gasteiger partial charge in [-0.05, 0) is 45.0 Å². The molecule has 4 nitrogen and oxygen atoms in total. The first-order chi connectivity index (χ1) is 12.0. The second-order valence-electron chi connectivity index (χ2n) is 5.90. The van der Waals surface area contributed by atoms with Crippen molar-refractivity contribution in [2.75, 3.05) is 0 Å². The van der Waals surface area contributed by atoms with E-state index in [1.807, 2.05) is 63.2 Å². The summed E-state index contributed by atoms with van der Waals surface area (Å²) in [5, 5.41) is 1.43. The van der Waals surface area contributed by atoms with E-state index in [1.165, 1.54) is 11.3 Å². The van der Waals surface area contributed by atoms with Crippen LogP contribution in [0, 0.1) is 6.92 Å². The number of hydrogen-bond acceptors (Lipinski definition) is 4. The van der Waals surface area contributed by atoms with Crippen LogP contribution in [-0.2, 0) is 0 Å². The number of thiazole rings is 1. The van der Waals surface area contributed by atoms with Gasteiger partial charge in [-0.3, -0.25) is 14.4 Å². The first kappa shape index (κ1) is 17.6. The fraction of sp³-hybridized carbons (Fsp3) is 0.211. The number of aromatic nitrogens is 2. The van der Waals surface area contributed by atoms with E-state index in [2.05, 4.69) is 9.98 Å². The highest BCUT2D eigenvalue weighted by Crippen LogP contribution is 2.29. The maximum Gasteiger partial charge on any atom is 0.275 e. The minimum Gasteiger partial charge on any atom is -0.267 e. The molecule has 3 aromatic rings. The Hall–Kier alpha value is -2.24. The molecule has 0 saturated heterocycles. The molecule has 0 aliphatic heterocycles. The van der Waals surface area contributed by atoms with E-state index in [4.69, 9.17) is 11.6 Å². The number of pyridine rings is 1. The van der Waals surface area contributed by atoms with Crippen molar-refractivity contribution in [1.82, 2.24) is 9.55 Å². The largest absolute Gasteiger partial charge is 0.275 e. The van der Waals surface area contributed by atoms with E-state index >= 15 is 0 Å². The molecule has 0 fully saturated rings. The minimum atomic E-state index is -0.122. The first-order valence-corrected chi connectivity index (χ1v) is 9.14. The molecule has 0 amide bonds. The van der Waals surface area contributed by atoms with Crippen molar-refractivity contribution < 1.29 is 4.79 Å². The number of benzene rings is 1. The first-order valence-electron chi connectivity index (χ1n) is 7.95. The van der Waals surface area contributed by atoms with Crippen LogP contribution in [0.2, 0.25) is 5.02 Å². The molecule has 0 saturated carbocycles. The average Bonchev–Trinajstić information content (AvgIpc) is 2.96. The predicted octanol–water partition coefficient (Wildman–Crippen LogP) is 4.57. The molecule has 0 spiro atoms. The Labute approximate surface area is 155 Å². The van der Waals surface area contributed by atoms with Crippen LogP contribution in [0.5, 0.6) is 0 Å². The van der Waals surface area contributed by atoms with E-state index in [0.29, 0.717) is 21.1 Å². The van der Waals surface area contributed by atoms with Gasteiger partial charge in [-0.1, -0.05) is 29.8 Å². The van der Waals surface area contributed by atoms with Crippen LogP contribution in [-0.4, -0.2) is 21.5 Å². The molecular formula is C19H18ClN3OS. The van der Waals surface area contributed by atoms with Crippen LogP contribution in [0.1, 0.15) is 29.2 Å². The van der Waals surface area contributed by atoms with Crippen molar-refractivity contribution in [2.45, 2.75) is 26.8 Å². The quantitative estimate of drug-likeness (QED) is 0.677. The second kappa shape index (κ2) is 7.33. The number of aryl methyl sites for hydroxylation is 1. The molecule has 1 aromatic carbocycles. The summed E-state index contributed by atoms with van der Waals surface area (Å²) in [5.74, 6) is -0.122. The maximum absolute atomic E-state index is 13.0. The molecule has 0 bridgehead atoms. The van der Waals surface area contributed by atoms with Crippen molar-refractivity contribution in [1.29, 1.82) is 0 Å². The summed E-state index contributed by atoms with van der Waals surface area (Å²) in [6.45, 7) is 5.81. The summed E-state index contributed by atoms with van der Waals surface area (Å²) in [6.07, 6.45) is 1.74. The zero-order valence-electron chi connectivity index (χ0n) is 14.2. The van der Waals surface area contributed by atoms with Gasteiger partial charge in [0.2, 0.25) is 0 Å². The number of hydrogen-bond donors (Lipinski definition) is 0. The van der Waals surface area contributed by atoms with Gasteiger partial charge in [0.1, 0.15) is 15.4 Å². The summed E-state index contributed by atoms with van der Waals surface area (Å²) < 4.78 is 1.57. The van der Waals surface area contributed by atoms with E-state index in [9.17, 15) is 4.79 Å². The lowest BCUT2D eigenvalue weighted by Crippen LogP contribution is -2.28. The standard InChI is InChI=1S/C19H18ClN3OS/c1-12(2)21-16-9-4-5-10-23(16)19(24)17-13(3)22-18(25-17)14-7-6-8-15(20)11-14/h4-12H,1-3H3. The van der Waals surface area contributed by atoms with Gasteiger partial charge in [0, 0.05) is 22.8 Å². The lowest BCUT2D eigenvalue weighted by Gasteiger charge is -2.06. The summed E-state index contributed by atoms with van der Waals surface area (Å²) in [6, 6.07) is 13.1. The second-order valence-corrected chi connectivity index (χ2v) is 7.34. The van der Waals surface area contributed by atoms with Crippen LogP contribution in [0.25, 0.3) is 10.6 Å². The van der Waals surface area contributed by atoms with E-state index in [1.54, 1.807) is 10.8 Å². The zero-order chi connectivity index (χ0) is 18.0. The van der Waals surface area contributed by atoms with Gasteiger partial charge in [-0.2, -0.15) is 0 Å². The smallest absolute Gasteiger partial charge is 0.267 e. The summed E-state index contributed by atoms with van der Waals surface area (Å²) in [5.41, 5.74) is 2.25. The van der Waals surface area contributed by atoms with Gasteiger partial charge in [-0.15, -0.1) is 11.3 Å². The Morgan fingerprint density at radius 3 is 2.76 bits per heavy atom. The molecule has 0 atom stereocenters. The van der Waals surface area contributed by atoms with Crippen molar-refractivity contribution in [3.05, 3.63) is 69.7 Å². The lowest BCUT2D eigenvalue weighted by atomic mass is 10.2. The van der Waals surface area contributed by atoms with Crippen LogP contribution in [0.4, 0.5) is 0 Å². The molecule has 25 heavy (non-hydrogen) atoms. The Balaban J connectivity index is 2.05. The van der Waals surface area contributed by atoms with Gasteiger partial charge in [0.05, 0.1) is 5.69 Å². The lowest BCUT2D eigenvalue weighted by molar-refractivity contribution is 0.0958. The van der Waals surface area contributed by atoms with E-state index < -0.39 is 0 Å². The normalized spacial score (nSPS) is 12.0. The average molecular weight is 372 g/mol. The Morgan fingerprint density at radius 1 is 1.24 bits per heavy atom. The fourth-order valence-electron chi connectivity index (χ4n) is 2.42. The SMILES string of the molecule is Cc1nc(-c2cccc(Cl)c2)sc1C(=O)n1ccccc1=NC(C)C. The molecular weight excluding hydrogens is 354 g/mol. The molecule has 2 heterocycles. The zero-order valence-corrected chi connectivity index (χ0v) is 15.8. The van der Waals surface area contributed by atoms with Gasteiger partial charge in [0.25, 0.3) is 5.91 Å². The monoisotopic (exact) mass is 371 g/mol. The van der Waals surface area contributed by atoms with Gasteiger partial charge in [0.15, 0.2) is 0 Å². The molecule has 128 valence electrons. The molecule has 6 heteroatoms. The third-order valence-corrected chi connectivity index (χ3v) is 4.94. The molecule has 0 N–H and O–H groups in total. The highest BCUT2D eigenvalue weighted by Gasteiger charge is 2.18. The van der Waals surface area contributed by atoms with Crippen LogP contribution < -0.4 is 5.49 Å². The molecule has 0 radical (unpaired) electrons. The van der Waals surface area contributed by atoms with Crippen molar-refractivity contribution >= 4 is 28.8 Å². The van der Waals surface area contributed by atoms with Crippen molar-refractivity contribution in [3.8, 4) is 10.6 Å². The highest BCUT2D eigenvalue weighted by molar-refractivity contribution is 7.17. The van der Waals surface area contributed by atoms with Crippen LogP contribution in [0.15, 0.2) is 53.7 Å². The molecule has 3 rings (SSSR count). The predicted molar refractivity (Wildman–Crippen MR) is 102 cm³/mol. The number of nitrogens with zero attached hydrogens (tertiary/aromatic N) is 3. The van der Waals surface area contributed by atoms with Crippen molar-refractivity contribution in [3.63, 3.8) is 0 Å². The van der Waals surface area contributed by atoms with E-state index in [0.717, 1.165) is 10.6 Å². The molecule has 2 aromatic heterocycles. The summed E-state index contributed by atoms with van der Waals surface area (Å²) in [4.78, 5) is 22.7. The Bertz CT molecular complexity index is 988. The number of carbonyl (C=O) groups excluding carboxylic acids is 1. The van der Waals surface area contributed by atoms with Crippen LogP contribution >= 0.6 is 22.9 Å². The third-order valence-electron chi connectivity index (χ3n) is 3.51. The van der Waals surface area contributed by atoms with Crippen LogP contribution in [0.3, 0.4) is 0 Å². The summed E-state index contributed by atoms with van der Waals surface area (Å²) >= 11 is 7.43. The topological polar surface area (TPSA) is 47.2 Å². The third kappa shape index (κ3) is 3.89. The highest BCUT2D eigenvalue weighted by atomic mass is 35.5. The number of halogens is 1. The van der Waals surface area contributed by atoms with Gasteiger partial charge < -0.3 is 0 Å². The Kier molecular flexibility index (Phi) is 5.16. The molecule has 0 aliphatic rings. The fourth-order valence-corrected chi connectivity index (χ4v) is 3.61. The number of carbonyl (C=O) groups is 1.